The van der Waals surface area contributed by atoms with Crippen molar-refractivity contribution in [1.29, 1.82) is 0 Å². The van der Waals surface area contributed by atoms with Crippen molar-refractivity contribution in [3.8, 4) is 11.1 Å². The van der Waals surface area contributed by atoms with Gasteiger partial charge in [-0.2, -0.15) is 0 Å². The van der Waals surface area contributed by atoms with E-state index in [1.54, 1.807) is 18.4 Å². The minimum absolute atomic E-state index is 0.0955. The zero-order valence-electron chi connectivity index (χ0n) is 9.37. The molecule has 2 aromatic carbocycles. The van der Waals surface area contributed by atoms with E-state index in [1.807, 2.05) is 24.3 Å². The molecule has 1 heterocycles. The molecule has 4 nitrogen and oxygen atoms in total. The quantitative estimate of drug-likeness (QED) is 0.501. The summed E-state index contributed by atoms with van der Waals surface area (Å²) in [6, 6.07) is 14.2. The number of nitro benzene ring substituents is 1. The standard InChI is InChI=1S/C14H9NO3/c16-15(17)11-6-4-10(5-7-11)12-2-1-3-14-13(12)8-9-18-14/h1-9H. The van der Waals surface area contributed by atoms with Gasteiger partial charge in [-0.3, -0.25) is 10.1 Å². The van der Waals surface area contributed by atoms with E-state index < -0.39 is 4.92 Å². The Morgan fingerprint density at radius 3 is 2.50 bits per heavy atom. The van der Waals surface area contributed by atoms with Crippen molar-refractivity contribution in [3.05, 3.63) is 64.9 Å². The highest BCUT2D eigenvalue weighted by Gasteiger charge is 2.08. The largest absolute Gasteiger partial charge is 0.464 e. The Morgan fingerprint density at radius 2 is 1.78 bits per heavy atom. The van der Waals surface area contributed by atoms with Crippen LogP contribution in [0.2, 0.25) is 0 Å². The molecule has 88 valence electrons. The monoisotopic (exact) mass is 239 g/mol. The summed E-state index contributed by atoms with van der Waals surface area (Å²) >= 11 is 0. The maximum Gasteiger partial charge on any atom is 0.269 e. The van der Waals surface area contributed by atoms with Gasteiger partial charge in [0.1, 0.15) is 5.58 Å². The lowest BCUT2D eigenvalue weighted by Gasteiger charge is -2.02. The van der Waals surface area contributed by atoms with E-state index in [0.29, 0.717) is 0 Å². The lowest BCUT2D eigenvalue weighted by molar-refractivity contribution is -0.384. The summed E-state index contributed by atoms with van der Waals surface area (Å²) in [5.74, 6) is 0. The van der Waals surface area contributed by atoms with Gasteiger partial charge in [-0.1, -0.05) is 12.1 Å². The lowest BCUT2D eigenvalue weighted by Crippen LogP contribution is -1.87. The van der Waals surface area contributed by atoms with E-state index >= 15 is 0 Å². The normalized spacial score (nSPS) is 10.7. The van der Waals surface area contributed by atoms with Crippen LogP contribution in [0, 0.1) is 10.1 Å². The predicted molar refractivity (Wildman–Crippen MR) is 68.3 cm³/mol. The second kappa shape index (κ2) is 4.00. The van der Waals surface area contributed by atoms with Crippen molar-refractivity contribution in [1.82, 2.24) is 0 Å². The zero-order valence-corrected chi connectivity index (χ0v) is 9.37. The topological polar surface area (TPSA) is 56.3 Å². The second-order valence-electron chi connectivity index (χ2n) is 3.94. The summed E-state index contributed by atoms with van der Waals surface area (Å²) in [6.07, 6.45) is 1.64. The van der Waals surface area contributed by atoms with Crippen LogP contribution >= 0.6 is 0 Å². The molecule has 4 heteroatoms. The Hall–Kier alpha value is -2.62. The number of non-ortho nitro benzene ring substituents is 1. The SMILES string of the molecule is O=[N+]([O-])c1ccc(-c2cccc3occc23)cc1. The number of benzene rings is 2. The van der Waals surface area contributed by atoms with E-state index in [2.05, 4.69) is 0 Å². The van der Waals surface area contributed by atoms with Gasteiger partial charge in [-0.25, -0.2) is 0 Å². The van der Waals surface area contributed by atoms with Crippen molar-refractivity contribution < 1.29 is 9.34 Å². The van der Waals surface area contributed by atoms with Crippen LogP contribution in [-0.2, 0) is 0 Å². The molecule has 0 atom stereocenters. The first-order valence-electron chi connectivity index (χ1n) is 5.47. The average Bonchev–Trinajstić information content (AvgIpc) is 2.87. The van der Waals surface area contributed by atoms with Crippen LogP contribution in [0.1, 0.15) is 0 Å². The predicted octanol–water partition coefficient (Wildman–Crippen LogP) is 4.01. The van der Waals surface area contributed by atoms with E-state index in [-0.39, 0.29) is 5.69 Å². The van der Waals surface area contributed by atoms with E-state index in [4.69, 9.17) is 4.42 Å². The van der Waals surface area contributed by atoms with Crippen LogP contribution < -0.4 is 0 Å². The molecule has 0 aliphatic rings. The van der Waals surface area contributed by atoms with Crippen LogP contribution in [-0.4, -0.2) is 4.92 Å². The van der Waals surface area contributed by atoms with Crippen molar-refractivity contribution in [2.24, 2.45) is 0 Å². The van der Waals surface area contributed by atoms with Gasteiger partial charge in [0.05, 0.1) is 11.2 Å². The van der Waals surface area contributed by atoms with Crippen LogP contribution in [0.3, 0.4) is 0 Å². The highest BCUT2D eigenvalue weighted by Crippen LogP contribution is 2.30. The van der Waals surface area contributed by atoms with Crippen molar-refractivity contribution >= 4 is 16.7 Å². The molecule has 3 rings (SSSR count). The van der Waals surface area contributed by atoms with Gasteiger partial charge in [-0.15, -0.1) is 0 Å². The molecule has 0 bridgehead atoms. The molecule has 0 fully saturated rings. The highest BCUT2D eigenvalue weighted by molar-refractivity contribution is 5.93. The Labute approximate surface area is 103 Å². The zero-order chi connectivity index (χ0) is 12.5. The van der Waals surface area contributed by atoms with Gasteiger partial charge in [0, 0.05) is 17.5 Å². The molecular formula is C14H9NO3. The number of nitrogens with zero attached hydrogens (tertiary/aromatic N) is 1. The summed E-state index contributed by atoms with van der Waals surface area (Å²) in [5, 5.41) is 11.6. The van der Waals surface area contributed by atoms with Gasteiger partial charge < -0.3 is 4.42 Å². The fourth-order valence-electron chi connectivity index (χ4n) is 2.01. The molecule has 3 aromatic rings. The molecule has 0 aliphatic carbocycles. The molecule has 0 aliphatic heterocycles. The average molecular weight is 239 g/mol. The number of nitro groups is 1. The minimum Gasteiger partial charge on any atom is -0.464 e. The first kappa shape index (κ1) is 10.5. The van der Waals surface area contributed by atoms with Gasteiger partial charge >= 0.3 is 0 Å². The van der Waals surface area contributed by atoms with Gasteiger partial charge in [0.25, 0.3) is 5.69 Å². The lowest BCUT2D eigenvalue weighted by atomic mass is 10.0. The highest BCUT2D eigenvalue weighted by atomic mass is 16.6. The van der Waals surface area contributed by atoms with Crippen molar-refractivity contribution in [2.45, 2.75) is 0 Å². The van der Waals surface area contributed by atoms with Crippen LogP contribution in [0.25, 0.3) is 22.1 Å². The first-order chi connectivity index (χ1) is 8.75. The van der Waals surface area contributed by atoms with Gasteiger partial charge in [0.15, 0.2) is 0 Å². The Bertz CT molecular complexity index is 713. The Kier molecular flexibility index (Phi) is 2.34. The smallest absolute Gasteiger partial charge is 0.269 e. The summed E-state index contributed by atoms with van der Waals surface area (Å²) in [5.41, 5.74) is 2.85. The molecule has 18 heavy (non-hydrogen) atoms. The fraction of sp³-hybridized carbons (Fsp3) is 0. The molecular weight excluding hydrogens is 230 g/mol. The molecule has 0 saturated heterocycles. The molecule has 0 saturated carbocycles. The molecule has 0 radical (unpaired) electrons. The third-order valence-corrected chi connectivity index (χ3v) is 2.88. The summed E-state index contributed by atoms with van der Waals surface area (Å²) < 4.78 is 5.33. The second-order valence-corrected chi connectivity index (χ2v) is 3.94. The van der Waals surface area contributed by atoms with E-state index in [9.17, 15) is 10.1 Å². The minimum atomic E-state index is -0.401. The number of rotatable bonds is 2. The molecule has 0 unspecified atom stereocenters. The van der Waals surface area contributed by atoms with Crippen LogP contribution in [0.15, 0.2) is 59.2 Å². The Balaban J connectivity index is 2.14. The third kappa shape index (κ3) is 1.64. The summed E-state index contributed by atoms with van der Waals surface area (Å²) in [6.45, 7) is 0. The molecule has 1 aromatic heterocycles. The number of hydrogen-bond donors (Lipinski definition) is 0. The van der Waals surface area contributed by atoms with Gasteiger partial charge in [0.2, 0.25) is 0 Å². The number of furan rings is 1. The van der Waals surface area contributed by atoms with E-state index in [0.717, 1.165) is 22.1 Å². The van der Waals surface area contributed by atoms with E-state index in [1.165, 1.54) is 12.1 Å². The Morgan fingerprint density at radius 1 is 1.00 bits per heavy atom. The molecule has 0 amide bonds. The van der Waals surface area contributed by atoms with Crippen LogP contribution in [0.5, 0.6) is 0 Å². The number of fused-ring (bicyclic) bond motifs is 1. The van der Waals surface area contributed by atoms with Crippen LogP contribution in [0.4, 0.5) is 5.69 Å². The fourth-order valence-corrected chi connectivity index (χ4v) is 2.01. The number of hydrogen-bond acceptors (Lipinski definition) is 3. The van der Waals surface area contributed by atoms with Gasteiger partial charge in [-0.05, 0) is 35.4 Å². The summed E-state index contributed by atoms with van der Waals surface area (Å²) in [4.78, 5) is 10.2. The first-order valence-corrected chi connectivity index (χ1v) is 5.47. The molecule has 0 spiro atoms. The van der Waals surface area contributed by atoms with Crippen molar-refractivity contribution in [2.75, 3.05) is 0 Å². The van der Waals surface area contributed by atoms with Crippen molar-refractivity contribution in [3.63, 3.8) is 0 Å². The maximum absolute atomic E-state index is 10.6. The summed E-state index contributed by atoms with van der Waals surface area (Å²) in [7, 11) is 0. The maximum atomic E-state index is 10.6. The molecule has 0 N–H and O–H groups in total. The third-order valence-electron chi connectivity index (χ3n) is 2.88.